The Hall–Kier alpha value is -2.27. The highest BCUT2D eigenvalue weighted by Crippen LogP contribution is 2.18. The minimum absolute atomic E-state index is 0.368. The molecule has 0 aliphatic heterocycles. The molecule has 3 nitrogen and oxygen atoms in total. The fourth-order valence-corrected chi connectivity index (χ4v) is 1.75. The summed E-state index contributed by atoms with van der Waals surface area (Å²) >= 11 is 0. The fraction of sp³-hybridized carbons (Fsp3) is 0.133. The second-order valence-electron chi connectivity index (χ2n) is 4.38. The van der Waals surface area contributed by atoms with E-state index >= 15 is 0 Å². The zero-order chi connectivity index (χ0) is 14.7. The van der Waals surface area contributed by atoms with Gasteiger partial charge >= 0.3 is 0 Å². The van der Waals surface area contributed by atoms with E-state index in [9.17, 15) is 18.7 Å². The van der Waals surface area contributed by atoms with E-state index in [1.807, 2.05) is 0 Å². The first-order valence-corrected chi connectivity index (χ1v) is 6.02. The van der Waals surface area contributed by atoms with E-state index in [1.54, 1.807) is 31.2 Å². The van der Waals surface area contributed by atoms with Gasteiger partial charge in [0.15, 0.2) is 0 Å². The molecule has 0 aliphatic carbocycles. The molecular formula is C15H13F2NO2. The van der Waals surface area contributed by atoms with Gasteiger partial charge in [-0.25, -0.2) is 8.78 Å². The van der Waals surface area contributed by atoms with Crippen LogP contribution >= 0.6 is 0 Å². The largest absolute Gasteiger partial charge is 0.389 e. The van der Waals surface area contributed by atoms with Gasteiger partial charge in [0.2, 0.25) is 0 Å². The summed E-state index contributed by atoms with van der Waals surface area (Å²) < 4.78 is 26.5. The molecule has 2 aromatic carbocycles. The van der Waals surface area contributed by atoms with Crippen molar-refractivity contribution in [2.24, 2.45) is 0 Å². The van der Waals surface area contributed by atoms with Crippen LogP contribution < -0.4 is 5.32 Å². The van der Waals surface area contributed by atoms with E-state index in [4.69, 9.17) is 0 Å². The minimum atomic E-state index is -0.796. The van der Waals surface area contributed by atoms with Crippen LogP contribution in [0.3, 0.4) is 0 Å². The zero-order valence-electron chi connectivity index (χ0n) is 10.7. The van der Waals surface area contributed by atoms with Crippen molar-refractivity contribution in [2.75, 3.05) is 5.32 Å². The lowest BCUT2D eigenvalue weighted by Gasteiger charge is -2.09. The molecule has 1 unspecified atom stereocenters. The quantitative estimate of drug-likeness (QED) is 0.904. The molecule has 0 aliphatic rings. The van der Waals surface area contributed by atoms with Crippen LogP contribution in [0.15, 0.2) is 42.5 Å². The number of nitrogens with one attached hydrogen (secondary N) is 1. The lowest BCUT2D eigenvalue weighted by atomic mass is 10.1. The van der Waals surface area contributed by atoms with Gasteiger partial charge in [-0.2, -0.15) is 0 Å². The molecule has 2 rings (SSSR count). The lowest BCUT2D eigenvalue weighted by molar-refractivity contribution is 0.102. The summed E-state index contributed by atoms with van der Waals surface area (Å²) in [6.45, 7) is 1.59. The van der Waals surface area contributed by atoms with E-state index in [-0.39, 0.29) is 5.56 Å². The summed E-state index contributed by atoms with van der Waals surface area (Å²) in [5, 5.41) is 11.9. The predicted molar refractivity (Wildman–Crippen MR) is 71.4 cm³/mol. The van der Waals surface area contributed by atoms with E-state index in [1.165, 1.54) is 0 Å². The summed E-state index contributed by atoms with van der Waals surface area (Å²) in [4.78, 5) is 11.9. The Kier molecular flexibility index (Phi) is 4.10. The van der Waals surface area contributed by atoms with Crippen molar-refractivity contribution < 1.29 is 18.7 Å². The number of carbonyl (C=O) groups excluding carboxylic acids is 1. The number of benzene rings is 2. The van der Waals surface area contributed by atoms with Gasteiger partial charge in [-0.3, -0.25) is 4.79 Å². The average molecular weight is 277 g/mol. The average Bonchev–Trinajstić information content (AvgIpc) is 2.41. The van der Waals surface area contributed by atoms with Crippen molar-refractivity contribution in [2.45, 2.75) is 13.0 Å². The Morgan fingerprint density at radius 3 is 2.65 bits per heavy atom. The molecule has 0 bridgehead atoms. The molecule has 0 heterocycles. The Balaban J connectivity index is 2.23. The molecule has 20 heavy (non-hydrogen) atoms. The van der Waals surface area contributed by atoms with Crippen LogP contribution in [0.5, 0.6) is 0 Å². The molecule has 0 radical (unpaired) electrons. The molecule has 5 heteroatoms. The number of halogens is 2. The number of anilines is 1. The van der Waals surface area contributed by atoms with Crippen LogP contribution in [-0.2, 0) is 0 Å². The van der Waals surface area contributed by atoms with E-state index in [0.717, 1.165) is 18.2 Å². The van der Waals surface area contributed by atoms with Gasteiger partial charge in [0.1, 0.15) is 11.6 Å². The number of hydrogen-bond acceptors (Lipinski definition) is 2. The second kappa shape index (κ2) is 5.79. The third-order valence-corrected chi connectivity index (χ3v) is 2.80. The van der Waals surface area contributed by atoms with Crippen molar-refractivity contribution in [3.05, 3.63) is 65.2 Å². The number of carbonyl (C=O) groups is 1. The van der Waals surface area contributed by atoms with E-state index in [2.05, 4.69) is 5.32 Å². The van der Waals surface area contributed by atoms with E-state index in [0.29, 0.717) is 11.3 Å². The lowest BCUT2D eigenvalue weighted by Crippen LogP contribution is -2.14. The van der Waals surface area contributed by atoms with Crippen LogP contribution in [0.1, 0.15) is 28.9 Å². The SMILES string of the molecule is CC(O)c1cccc(NC(=O)c2cc(F)ccc2F)c1. The molecule has 2 aromatic rings. The monoisotopic (exact) mass is 277 g/mol. The molecular weight excluding hydrogens is 264 g/mol. The molecule has 0 spiro atoms. The van der Waals surface area contributed by atoms with Gasteiger partial charge < -0.3 is 10.4 Å². The highest BCUT2D eigenvalue weighted by atomic mass is 19.1. The molecule has 1 amide bonds. The Morgan fingerprint density at radius 2 is 1.95 bits per heavy atom. The minimum Gasteiger partial charge on any atom is -0.389 e. The van der Waals surface area contributed by atoms with Gasteiger partial charge in [0.05, 0.1) is 11.7 Å². The van der Waals surface area contributed by atoms with Crippen LogP contribution in [0.2, 0.25) is 0 Å². The first-order valence-electron chi connectivity index (χ1n) is 6.02. The first kappa shape index (κ1) is 14.1. The second-order valence-corrected chi connectivity index (χ2v) is 4.38. The summed E-state index contributed by atoms with van der Waals surface area (Å²) in [5.74, 6) is -2.23. The summed E-state index contributed by atoms with van der Waals surface area (Å²) in [6.07, 6.45) is -0.683. The maximum atomic E-state index is 13.5. The Bertz CT molecular complexity index is 642. The molecule has 1 atom stereocenters. The van der Waals surface area contributed by atoms with Crippen molar-refractivity contribution in [3.8, 4) is 0 Å². The maximum absolute atomic E-state index is 13.5. The molecule has 0 saturated heterocycles. The van der Waals surface area contributed by atoms with Gasteiger partial charge in [-0.15, -0.1) is 0 Å². The number of aliphatic hydroxyl groups is 1. The highest BCUT2D eigenvalue weighted by Gasteiger charge is 2.13. The topological polar surface area (TPSA) is 49.3 Å². The van der Waals surface area contributed by atoms with Crippen molar-refractivity contribution in [3.63, 3.8) is 0 Å². The molecule has 0 saturated carbocycles. The van der Waals surface area contributed by atoms with Crippen LogP contribution in [0.25, 0.3) is 0 Å². The third kappa shape index (κ3) is 3.19. The standard InChI is InChI=1S/C15H13F2NO2/c1-9(19)10-3-2-4-12(7-10)18-15(20)13-8-11(16)5-6-14(13)17/h2-9,19H,1H3,(H,18,20). The van der Waals surface area contributed by atoms with Crippen LogP contribution in [-0.4, -0.2) is 11.0 Å². The summed E-state index contributed by atoms with van der Waals surface area (Å²) in [6, 6.07) is 9.20. The van der Waals surface area contributed by atoms with Gasteiger partial charge in [0.25, 0.3) is 5.91 Å². The van der Waals surface area contributed by atoms with Gasteiger partial charge in [0, 0.05) is 5.69 Å². The number of rotatable bonds is 3. The fourth-order valence-electron chi connectivity index (χ4n) is 1.75. The van der Waals surface area contributed by atoms with Crippen LogP contribution in [0, 0.1) is 11.6 Å². The van der Waals surface area contributed by atoms with Crippen molar-refractivity contribution in [1.29, 1.82) is 0 Å². The predicted octanol–water partition coefficient (Wildman–Crippen LogP) is 3.27. The number of aliphatic hydroxyl groups excluding tert-OH is 1. The smallest absolute Gasteiger partial charge is 0.258 e. The zero-order valence-corrected chi connectivity index (χ0v) is 10.7. The highest BCUT2D eigenvalue weighted by molar-refractivity contribution is 6.04. The summed E-state index contributed by atoms with van der Waals surface area (Å²) in [7, 11) is 0. The number of hydrogen-bond donors (Lipinski definition) is 2. The molecule has 2 N–H and O–H groups in total. The molecule has 0 aromatic heterocycles. The van der Waals surface area contributed by atoms with E-state index < -0.39 is 23.6 Å². The Morgan fingerprint density at radius 1 is 1.20 bits per heavy atom. The van der Waals surface area contributed by atoms with Crippen molar-refractivity contribution >= 4 is 11.6 Å². The van der Waals surface area contributed by atoms with Crippen molar-refractivity contribution in [1.82, 2.24) is 0 Å². The van der Waals surface area contributed by atoms with Gasteiger partial charge in [-0.1, -0.05) is 12.1 Å². The van der Waals surface area contributed by atoms with Gasteiger partial charge in [-0.05, 0) is 42.8 Å². The number of amides is 1. The normalized spacial score (nSPS) is 12.0. The molecule has 0 fully saturated rings. The third-order valence-electron chi connectivity index (χ3n) is 2.80. The first-order chi connectivity index (χ1) is 9.47. The maximum Gasteiger partial charge on any atom is 0.258 e. The Labute approximate surface area is 114 Å². The van der Waals surface area contributed by atoms with Crippen LogP contribution in [0.4, 0.5) is 14.5 Å². The summed E-state index contributed by atoms with van der Waals surface area (Å²) in [5.41, 5.74) is 0.645. The molecule has 104 valence electrons.